The molecule has 15 heavy (non-hydrogen) atoms. The molecular weight excluding hydrogens is 190 g/mol. The van der Waals surface area contributed by atoms with E-state index >= 15 is 0 Å². The van der Waals surface area contributed by atoms with Crippen LogP contribution in [0.2, 0.25) is 0 Å². The van der Waals surface area contributed by atoms with Gasteiger partial charge in [0.25, 0.3) is 0 Å². The van der Waals surface area contributed by atoms with Gasteiger partial charge in [0.15, 0.2) is 5.78 Å². The Morgan fingerprint density at radius 2 is 2.27 bits per heavy atom. The number of ether oxygens (including phenoxy) is 1. The molecule has 0 unspecified atom stereocenters. The Hall–Kier alpha value is -1.64. The fourth-order valence-corrected chi connectivity index (χ4v) is 1.66. The van der Waals surface area contributed by atoms with Crippen LogP contribution in [0.3, 0.4) is 0 Å². The third-order valence-corrected chi connectivity index (χ3v) is 2.56. The SMILES string of the molecule is CCC1=Nc2ccc(OC)cc2C(=O)C1. The molecule has 0 saturated heterocycles. The van der Waals surface area contributed by atoms with Gasteiger partial charge in [-0.2, -0.15) is 0 Å². The zero-order valence-corrected chi connectivity index (χ0v) is 8.91. The number of carbonyl (C=O) groups excluding carboxylic acids is 1. The molecular formula is C12H13NO2. The summed E-state index contributed by atoms with van der Waals surface area (Å²) in [6.07, 6.45) is 1.27. The van der Waals surface area contributed by atoms with Gasteiger partial charge in [-0.05, 0) is 24.6 Å². The minimum absolute atomic E-state index is 0.135. The molecule has 0 bridgehead atoms. The van der Waals surface area contributed by atoms with Crippen molar-refractivity contribution in [2.45, 2.75) is 19.8 Å². The number of benzene rings is 1. The monoisotopic (exact) mass is 203 g/mol. The molecule has 1 heterocycles. The number of hydrogen-bond donors (Lipinski definition) is 0. The average Bonchev–Trinajstić information content (AvgIpc) is 2.28. The molecule has 0 amide bonds. The maximum atomic E-state index is 11.8. The minimum atomic E-state index is 0.135. The van der Waals surface area contributed by atoms with Crippen LogP contribution in [-0.4, -0.2) is 18.6 Å². The predicted octanol–water partition coefficient (Wildman–Crippen LogP) is 2.76. The molecule has 1 aliphatic rings. The molecule has 1 aromatic rings. The fourth-order valence-electron chi connectivity index (χ4n) is 1.66. The minimum Gasteiger partial charge on any atom is -0.497 e. The van der Waals surface area contributed by atoms with Gasteiger partial charge in [0, 0.05) is 17.7 Å². The Morgan fingerprint density at radius 3 is 2.93 bits per heavy atom. The lowest BCUT2D eigenvalue weighted by atomic mass is 9.99. The maximum Gasteiger partial charge on any atom is 0.170 e. The van der Waals surface area contributed by atoms with Crippen LogP contribution < -0.4 is 4.74 Å². The predicted molar refractivity (Wildman–Crippen MR) is 59.3 cm³/mol. The maximum absolute atomic E-state index is 11.8. The topological polar surface area (TPSA) is 38.7 Å². The number of fused-ring (bicyclic) bond motifs is 1. The zero-order chi connectivity index (χ0) is 10.8. The summed E-state index contributed by atoms with van der Waals surface area (Å²) < 4.78 is 5.08. The van der Waals surface area contributed by atoms with Gasteiger partial charge in [-0.1, -0.05) is 6.92 Å². The van der Waals surface area contributed by atoms with Gasteiger partial charge in [-0.25, -0.2) is 0 Å². The number of Topliss-reactive ketones (excluding diaryl/α,β-unsaturated/α-hetero) is 1. The lowest BCUT2D eigenvalue weighted by Crippen LogP contribution is -2.12. The summed E-state index contributed by atoms with van der Waals surface area (Å²) in [4.78, 5) is 16.2. The van der Waals surface area contributed by atoms with Crippen molar-refractivity contribution >= 4 is 17.2 Å². The van der Waals surface area contributed by atoms with Crippen molar-refractivity contribution in [2.75, 3.05) is 7.11 Å². The Kier molecular flexibility index (Phi) is 2.54. The summed E-state index contributed by atoms with van der Waals surface area (Å²) in [7, 11) is 1.59. The number of carbonyl (C=O) groups is 1. The van der Waals surface area contributed by atoms with Gasteiger partial charge < -0.3 is 4.74 Å². The van der Waals surface area contributed by atoms with Gasteiger partial charge in [0.2, 0.25) is 0 Å². The molecule has 1 aliphatic heterocycles. The Balaban J connectivity index is 2.49. The highest BCUT2D eigenvalue weighted by Gasteiger charge is 2.19. The highest BCUT2D eigenvalue weighted by molar-refractivity contribution is 6.15. The number of nitrogens with zero attached hydrogens (tertiary/aromatic N) is 1. The van der Waals surface area contributed by atoms with Gasteiger partial charge in [-0.3, -0.25) is 9.79 Å². The van der Waals surface area contributed by atoms with Crippen molar-refractivity contribution in [3.05, 3.63) is 23.8 Å². The third-order valence-electron chi connectivity index (χ3n) is 2.56. The Morgan fingerprint density at radius 1 is 1.47 bits per heavy atom. The molecule has 0 aromatic heterocycles. The van der Waals surface area contributed by atoms with Crippen molar-refractivity contribution in [3.8, 4) is 5.75 Å². The first-order chi connectivity index (χ1) is 7.24. The summed E-state index contributed by atoms with van der Waals surface area (Å²) >= 11 is 0. The van der Waals surface area contributed by atoms with Crippen molar-refractivity contribution in [3.63, 3.8) is 0 Å². The summed E-state index contributed by atoms with van der Waals surface area (Å²) in [5, 5.41) is 0. The van der Waals surface area contributed by atoms with Crippen LogP contribution in [0.4, 0.5) is 5.69 Å². The van der Waals surface area contributed by atoms with Crippen molar-refractivity contribution in [1.82, 2.24) is 0 Å². The van der Waals surface area contributed by atoms with E-state index in [4.69, 9.17) is 4.74 Å². The number of ketones is 1. The molecule has 78 valence electrons. The fraction of sp³-hybridized carbons (Fsp3) is 0.333. The van der Waals surface area contributed by atoms with Gasteiger partial charge >= 0.3 is 0 Å². The van der Waals surface area contributed by atoms with Crippen LogP contribution in [0, 0.1) is 0 Å². The smallest absolute Gasteiger partial charge is 0.170 e. The van der Waals surface area contributed by atoms with E-state index in [0.29, 0.717) is 17.7 Å². The number of aliphatic imine (C=N–C) groups is 1. The van der Waals surface area contributed by atoms with Crippen LogP contribution in [0.5, 0.6) is 5.75 Å². The van der Waals surface area contributed by atoms with E-state index in [9.17, 15) is 4.79 Å². The summed E-state index contributed by atoms with van der Waals surface area (Å²) in [5.74, 6) is 0.841. The Bertz CT molecular complexity index is 435. The molecule has 0 aliphatic carbocycles. The summed E-state index contributed by atoms with van der Waals surface area (Å²) in [5.41, 5.74) is 2.40. The molecule has 0 N–H and O–H groups in total. The standard InChI is InChI=1S/C12H13NO2/c1-3-8-6-12(14)10-7-9(15-2)4-5-11(10)13-8/h4-5,7H,3,6H2,1-2H3. The molecule has 3 nitrogen and oxygen atoms in total. The first kappa shape index (κ1) is 9.90. The largest absolute Gasteiger partial charge is 0.497 e. The zero-order valence-electron chi connectivity index (χ0n) is 8.91. The van der Waals surface area contributed by atoms with Crippen LogP contribution in [0.25, 0.3) is 0 Å². The summed E-state index contributed by atoms with van der Waals surface area (Å²) in [6.45, 7) is 2.01. The second-order valence-electron chi connectivity index (χ2n) is 3.51. The number of methoxy groups -OCH3 is 1. The van der Waals surface area contributed by atoms with Crippen molar-refractivity contribution in [2.24, 2.45) is 4.99 Å². The van der Waals surface area contributed by atoms with E-state index < -0.39 is 0 Å². The highest BCUT2D eigenvalue weighted by atomic mass is 16.5. The second kappa shape index (κ2) is 3.85. The molecule has 0 saturated carbocycles. The molecule has 3 heteroatoms. The normalized spacial score (nSPS) is 14.5. The molecule has 2 rings (SSSR count). The van der Waals surface area contributed by atoms with Crippen LogP contribution >= 0.6 is 0 Å². The average molecular weight is 203 g/mol. The van der Waals surface area contributed by atoms with Crippen LogP contribution in [0.1, 0.15) is 30.1 Å². The third kappa shape index (κ3) is 1.77. The van der Waals surface area contributed by atoms with Crippen LogP contribution in [-0.2, 0) is 0 Å². The first-order valence-corrected chi connectivity index (χ1v) is 5.02. The lowest BCUT2D eigenvalue weighted by molar-refractivity contribution is 0.0999. The second-order valence-corrected chi connectivity index (χ2v) is 3.51. The van der Waals surface area contributed by atoms with Gasteiger partial charge in [0.1, 0.15) is 5.75 Å². The van der Waals surface area contributed by atoms with Gasteiger partial charge in [0.05, 0.1) is 12.8 Å². The number of hydrogen-bond acceptors (Lipinski definition) is 3. The van der Waals surface area contributed by atoms with Crippen LogP contribution in [0.15, 0.2) is 23.2 Å². The van der Waals surface area contributed by atoms with Crippen molar-refractivity contribution < 1.29 is 9.53 Å². The van der Waals surface area contributed by atoms with E-state index in [1.165, 1.54) is 0 Å². The molecule has 1 aromatic carbocycles. The molecule has 0 radical (unpaired) electrons. The van der Waals surface area contributed by atoms with E-state index in [2.05, 4.69) is 4.99 Å². The van der Waals surface area contributed by atoms with E-state index in [1.54, 1.807) is 13.2 Å². The molecule has 0 spiro atoms. The Labute approximate surface area is 88.8 Å². The van der Waals surface area contributed by atoms with Gasteiger partial charge in [-0.15, -0.1) is 0 Å². The first-order valence-electron chi connectivity index (χ1n) is 5.02. The lowest BCUT2D eigenvalue weighted by Gasteiger charge is -2.14. The van der Waals surface area contributed by atoms with E-state index in [1.807, 2.05) is 19.1 Å². The highest BCUT2D eigenvalue weighted by Crippen LogP contribution is 2.29. The summed E-state index contributed by atoms with van der Waals surface area (Å²) in [6, 6.07) is 5.42. The quantitative estimate of drug-likeness (QED) is 0.741. The molecule has 0 fully saturated rings. The van der Waals surface area contributed by atoms with E-state index in [-0.39, 0.29) is 5.78 Å². The van der Waals surface area contributed by atoms with Crippen molar-refractivity contribution in [1.29, 1.82) is 0 Å². The molecule has 0 atom stereocenters. The van der Waals surface area contributed by atoms with E-state index in [0.717, 1.165) is 17.8 Å². The number of rotatable bonds is 2.